The molecule has 0 aliphatic heterocycles. The number of hydrogen-bond acceptors (Lipinski definition) is 6. The van der Waals surface area contributed by atoms with Crippen LogP contribution in [0.15, 0.2) is 60.7 Å². The zero-order chi connectivity index (χ0) is 17.9. The lowest BCUT2D eigenvalue weighted by atomic mass is 10.3. The summed E-state index contributed by atoms with van der Waals surface area (Å²) in [6, 6.07) is 15.4. The molecule has 0 fully saturated rings. The fourth-order valence-electron chi connectivity index (χ4n) is 2.77. The molecular weight excluding hydrogens is 332 g/mol. The third-order valence-corrected chi connectivity index (χ3v) is 4.07. The van der Waals surface area contributed by atoms with Crippen molar-refractivity contribution < 1.29 is 9.47 Å². The van der Waals surface area contributed by atoms with Gasteiger partial charge in [-0.3, -0.25) is 0 Å². The number of benzene rings is 2. The highest BCUT2D eigenvalue weighted by atomic mass is 16.5. The van der Waals surface area contributed by atoms with Crippen molar-refractivity contribution >= 4 is 22.1 Å². The number of para-hydroxylation sites is 1. The molecule has 2 atom stereocenters. The Bertz CT molecular complexity index is 1020. The maximum atomic E-state index is 5.56. The van der Waals surface area contributed by atoms with Crippen LogP contribution in [0.3, 0.4) is 0 Å². The molecule has 0 N–H and O–H groups in total. The number of ether oxygens (including phenoxy) is 2. The molecule has 0 aliphatic carbocycles. The molecule has 2 heterocycles. The van der Waals surface area contributed by atoms with Gasteiger partial charge in [-0.25, -0.2) is 4.68 Å². The lowest BCUT2D eigenvalue weighted by Crippen LogP contribution is -2.14. The molecule has 0 saturated carbocycles. The molecule has 2 unspecified atom stereocenters. The SMILES string of the molecule is COC(/C=C/C(OC)n1nnc2ccccc21)n1nc2ccccc2n1. The molecule has 0 saturated heterocycles. The van der Waals surface area contributed by atoms with E-state index in [1.54, 1.807) is 18.9 Å². The second kappa shape index (κ2) is 7.03. The van der Waals surface area contributed by atoms with Gasteiger partial charge in [0.15, 0.2) is 12.5 Å². The third kappa shape index (κ3) is 2.96. The Kier molecular flexibility index (Phi) is 4.42. The first-order valence-corrected chi connectivity index (χ1v) is 8.15. The van der Waals surface area contributed by atoms with E-state index in [-0.39, 0.29) is 0 Å². The van der Waals surface area contributed by atoms with Crippen LogP contribution in [0.5, 0.6) is 0 Å². The van der Waals surface area contributed by atoms with E-state index in [9.17, 15) is 0 Å². The van der Waals surface area contributed by atoms with Gasteiger partial charge < -0.3 is 9.47 Å². The molecule has 2 aromatic heterocycles. The zero-order valence-corrected chi connectivity index (χ0v) is 14.4. The van der Waals surface area contributed by atoms with Gasteiger partial charge in [0.1, 0.15) is 16.6 Å². The van der Waals surface area contributed by atoms with Crippen LogP contribution in [0, 0.1) is 0 Å². The average Bonchev–Trinajstić information content (AvgIpc) is 3.29. The molecule has 0 radical (unpaired) electrons. The van der Waals surface area contributed by atoms with Gasteiger partial charge in [0.05, 0.1) is 5.52 Å². The number of aromatic nitrogens is 6. The second-order valence-corrected chi connectivity index (χ2v) is 5.67. The van der Waals surface area contributed by atoms with Gasteiger partial charge in [0, 0.05) is 14.2 Å². The Morgan fingerprint density at radius 2 is 1.38 bits per heavy atom. The van der Waals surface area contributed by atoms with E-state index in [1.807, 2.05) is 60.7 Å². The lowest BCUT2D eigenvalue weighted by molar-refractivity contribution is 0.0546. The molecule has 4 aromatic rings. The number of methoxy groups -OCH3 is 2. The van der Waals surface area contributed by atoms with Gasteiger partial charge >= 0.3 is 0 Å². The van der Waals surface area contributed by atoms with Crippen LogP contribution in [-0.2, 0) is 9.47 Å². The van der Waals surface area contributed by atoms with E-state index >= 15 is 0 Å². The Balaban J connectivity index is 1.63. The maximum Gasteiger partial charge on any atom is 0.187 e. The minimum absolute atomic E-state index is 0.426. The van der Waals surface area contributed by atoms with Crippen molar-refractivity contribution in [1.29, 1.82) is 0 Å². The minimum Gasteiger partial charge on any atom is -0.356 e. The number of hydrogen-bond donors (Lipinski definition) is 0. The summed E-state index contributed by atoms with van der Waals surface area (Å²) >= 11 is 0. The first-order chi connectivity index (χ1) is 12.8. The summed E-state index contributed by atoms with van der Waals surface area (Å²) < 4.78 is 12.8. The molecule has 8 heteroatoms. The summed E-state index contributed by atoms with van der Waals surface area (Å²) in [5.74, 6) is 0. The van der Waals surface area contributed by atoms with E-state index in [1.165, 1.54) is 4.80 Å². The smallest absolute Gasteiger partial charge is 0.187 e. The molecule has 0 amide bonds. The van der Waals surface area contributed by atoms with Crippen LogP contribution in [-0.4, -0.2) is 44.2 Å². The highest BCUT2D eigenvalue weighted by Crippen LogP contribution is 2.19. The third-order valence-electron chi connectivity index (χ3n) is 4.07. The number of rotatable bonds is 6. The van der Waals surface area contributed by atoms with E-state index in [0.29, 0.717) is 0 Å². The first-order valence-electron chi connectivity index (χ1n) is 8.15. The molecule has 132 valence electrons. The minimum atomic E-state index is -0.463. The van der Waals surface area contributed by atoms with Gasteiger partial charge in [-0.1, -0.05) is 29.5 Å². The Morgan fingerprint density at radius 3 is 2.04 bits per heavy atom. The van der Waals surface area contributed by atoms with Crippen LogP contribution in [0.4, 0.5) is 0 Å². The summed E-state index contributed by atoms with van der Waals surface area (Å²) in [6.07, 6.45) is 2.80. The van der Waals surface area contributed by atoms with Crippen LogP contribution in [0.2, 0.25) is 0 Å². The zero-order valence-electron chi connectivity index (χ0n) is 14.4. The van der Waals surface area contributed by atoms with E-state index in [0.717, 1.165) is 22.1 Å². The normalized spacial score (nSPS) is 14.4. The summed E-state index contributed by atoms with van der Waals surface area (Å²) in [5.41, 5.74) is 3.33. The number of fused-ring (bicyclic) bond motifs is 2. The highest BCUT2D eigenvalue weighted by molar-refractivity contribution is 5.74. The topological polar surface area (TPSA) is 79.9 Å². The monoisotopic (exact) mass is 350 g/mol. The first kappa shape index (κ1) is 16.4. The molecule has 8 nitrogen and oxygen atoms in total. The Morgan fingerprint density at radius 1 is 0.808 bits per heavy atom. The van der Waals surface area contributed by atoms with E-state index in [2.05, 4.69) is 20.5 Å². The van der Waals surface area contributed by atoms with Gasteiger partial charge in [-0.2, -0.15) is 10.2 Å². The average molecular weight is 350 g/mol. The molecule has 0 bridgehead atoms. The van der Waals surface area contributed by atoms with Crippen molar-refractivity contribution in [3.63, 3.8) is 0 Å². The molecule has 0 aliphatic rings. The van der Waals surface area contributed by atoms with Crippen LogP contribution in [0.25, 0.3) is 22.1 Å². The summed E-state index contributed by atoms with van der Waals surface area (Å²) in [5, 5.41) is 17.3. The maximum absolute atomic E-state index is 5.56. The van der Waals surface area contributed by atoms with Crippen molar-refractivity contribution in [2.24, 2.45) is 0 Å². The Labute approximate surface area is 149 Å². The van der Waals surface area contributed by atoms with Crippen molar-refractivity contribution in [1.82, 2.24) is 30.0 Å². The molecule has 26 heavy (non-hydrogen) atoms. The van der Waals surface area contributed by atoms with Crippen molar-refractivity contribution in [2.45, 2.75) is 12.5 Å². The highest BCUT2D eigenvalue weighted by Gasteiger charge is 2.15. The number of nitrogens with zero attached hydrogens (tertiary/aromatic N) is 6. The summed E-state index contributed by atoms with van der Waals surface area (Å²) in [6.45, 7) is 0. The largest absolute Gasteiger partial charge is 0.356 e. The van der Waals surface area contributed by atoms with Crippen molar-refractivity contribution in [3.05, 3.63) is 60.7 Å². The molecule has 0 spiro atoms. The molecule has 4 rings (SSSR count). The fourth-order valence-corrected chi connectivity index (χ4v) is 2.77. The molecule has 2 aromatic carbocycles. The summed E-state index contributed by atoms with van der Waals surface area (Å²) in [4.78, 5) is 1.54. The second-order valence-electron chi connectivity index (χ2n) is 5.67. The van der Waals surface area contributed by atoms with Gasteiger partial charge in [-0.05, 0) is 36.4 Å². The lowest BCUT2D eigenvalue weighted by Gasteiger charge is -2.14. The standard InChI is InChI=1S/C18H18N6O2/c1-25-17(23-16-10-6-5-9-15(16)19-22-23)11-12-18(26-2)24-20-13-7-3-4-8-14(13)21-24/h3-12,17-18H,1-2H3/b12-11+. The Hall–Kier alpha value is -3.10. The quantitative estimate of drug-likeness (QED) is 0.498. The van der Waals surface area contributed by atoms with Crippen molar-refractivity contribution in [2.75, 3.05) is 14.2 Å². The van der Waals surface area contributed by atoms with Crippen molar-refractivity contribution in [3.8, 4) is 0 Å². The van der Waals surface area contributed by atoms with Gasteiger partial charge in [-0.15, -0.1) is 9.90 Å². The van der Waals surface area contributed by atoms with Gasteiger partial charge in [0.25, 0.3) is 0 Å². The predicted octanol–water partition coefficient (Wildman–Crippen LogP) is 2.72. The predicted molar refractivity (Wildman–Crippen MR) is 96.3 cm³/mol. The van der Waals surface area contributed by atoms with Gasteiger partial charge in [0.2, 0.25) is 0 Å². The molecular formula is C18H18N6O2. The van der Waals surface area contributed by atoms with Crippen LogP contribution >= 0.6 is 0 Å². The van der Waals surface area contributed by atoms with E-state index < -0.39 is 12.5 Å². The fraction of sp³-hybridized carbons (Fsp3) is 0.222. The van der Waals surface area contributed by atoms with E-state index in [4.69, 9.17) is 9.47 Å². The van der Waals surface area contributed by atoms with Crippen LogP contribution < -0.4 is 0 Å². The van der Waals surface area contributed by atoms with Crippen LogP contribution in [0.1, 0.15) is 12.5 Å². The summed E-state index contributed by atoms with van der Waals surface area (Å²) in [7, 11) is 3.23.